The number of benzene rings is 3. The van der Waals surface area contributed by atoms with E-state index in [4.69, 9.17) is 4.74 Å². The molecule has 6 nitrogen and oxygen atoms in total. The zero-order valence-corrected chi connectivity index (χ0v) is 18.6. The summed E-state index contributed by atoms with van der Waals surface area (Å²) in [6.07, 6.45) is 1.22. The molecule has 3 aromatic carbocycles. The van der Waals surface area contributed by atoms with Gasteiger partial charge in [-0.2, -0.15) is 0 Å². The first-order valence-electron chi connectivity index (χ1n) is 9.92. The van der Waals surface area contributed by atoms with Crippen molar-refractivity contribution in [1.29, 1.82) is 0 Å². The first-order chi connectivity index (χ1) is 14.7. The number of nitrogens with one attached hydrogen (secondary N) is 1. The highest BCUT2D eigenvalue weighted by atomic mass is 32.2. The van der Waals surface area contributed by atoms with Gasteiger partial charge in [-0.3, -0.25) is 9.10 Å². The molecule has 1 N–H and O–H groups in total. The molecule has 0 aliphatic carbocycles. The second kappa shape index (κ2) is 9.66. The van der Waals surface area contributed by atoms with Crippen LogP contribution in [0.1, 0.15) is 29.8 Å². The molecule has 0 aliphatic heterocycles. The van der Waals surface area contributed by atoms with Crippen molar-refractivity contribution in [1.82, 2.24) is 0 Å². The molecule has 0 aliphatic rings. The van der Waals surface area contributed by atoms with Gasteiger partial charge in [0.15, 0.2) is 0 Å². The Balaban J connectivity index is 1.71. The molecule has 3 aromatic rings. The van der Waals surface area contributed by atoms with Crippen molar-refractivity contribution in [2.75, 3.05) is 15.9 Å². The van der Waals surface area contributed by atoms with Crippen LogP contribution < -0.4 is 14.4 Å². The lowest BCUT2D eigenvalue weighted by Gasteiger charge is -2.22. The second-order valence-corrected chi connectivity index (χ2v) is 9.36. The van der Waals surface area contributed by atoms with E-state index < -0.39 is 10.0 Å². The first-order valence-corrected chi connectivity index (χ1v) is 11.8. The third-order valence-electron chi connectivity index (χ3n) is 4.45. The van der Waals surface area contributed by atoms with Crippen LogP contribution in [-0.2, 0) is 16.6 Å². The van der Waals surface area contributed by atoms with E-state index in [0.29, 0.717) is 22.7 Å². The molecule has 0 fully saturated rings. The van der Waals surface area contributed by atoms with Gasteiger partial charge in [0, 0.05) is 17.3 Å². The minimum Gasteiger partial charge on any atom is -0.491 e. The van der Waals surface area contributed by atoms with Crippen LogP contribution in [0.15, 0.2) is 78.9 Å². The first kappa shape index (κ1) is 22.4. The molecule has 0 radical (unpaired) electrons. The average molecular weight is 439 g/mol. The molecule has 0 unspecified atom stereocenters. The van der Waals surface area contributed by atoms with E-state index in [1.165, 1.54) is 10.6 Å². The Bertz CT molecular complexity index is 1130. The molecular weight excluding hydrogens is 412 g/mol. The lowest BCUT2D eigenvalue weighted by Crippen LogP contribution is -2.29. The molecule has 0 aromatic heterocycles. The Hall–Kier alpha value is -3.32. The zero-order valence-electron chi connectivity index (χ0n) is 17.8. The van der Waals surface area contributed by atoms with Crippen molar-refractivity contribution in [3.05, 3.63) is 90.0 Å². The molecule has 31 heavy (non-hydrogen) atoms. The minimum atomic E-state index is -3.45. The number of hydrogen-bond acceptors (Lipinski definition) is 4. The summed E-state index contributed by atoms with van der Waals surface area (Å²) >= 11 is 0. The second-order valence-electron chi connectivity index (χ2n) is 7.45. The van der Waals surface area contributed by atoms with Gasteiger partial charge in [0.1, 0.15) is 5.75 Å². The van der Waals surface area contributed by atoms with E-state index >= 15 is 0 Å². The summed E-state index contributed by atoms with van der Waals surface area (Å²) in [6.45, 7) is 4.06. The molecule has 0 saturated heterocycles. The smallest absolute Gasteiger partial charge is 0.255 e. The Morgan fingerprint density at radius 2 is 1.65 bits per heavy atom. The van der Waals surface area contributed by atoms with Crippen LogP contribution in [0.3, 0.4) is 0 Å². The average Bonchev–Trinajstić information content (AvgIpc) is 2.72. The van der Waals surface area contributed by atoms with Crippen LogP contribution >= 0.6 is 0 Å². The Kier molecular flexibility index (Phi) is 6.97. The van der Waals surface area contributed by atoms with Crippen molar-refractivity contribution in [2.24, 2.45) is 0 Å². The van der Waals surface area contributed by atoms with Crippen LogP contribution in [0.2, 0.25) is 0 Å². The van der Waals surface area contributed by atoms with Crippen molar-refractivity contribution >= 4 is 27.3 Å². The van der Waals surface area contributed by atoms with Gasteiger partial charge in [-0.15, -0.1) is 0 Å². The highest BCUT2D eigenvalue weighted by molar-refractivity contribution is 7.92. The SMILES string of the molecule is CC(C)Oc1cccc(NC(=O)c2ccc(CN(c3ccccc3)S(C)(=O)=O)cc2)c1. The van der Waals surface area contributed by atoms with E-state index in [-0.39, 0.29) is 18.6 Å². The van der Waals surface area contributed by atoms with Gasteiger partial charge in [-0.05, 0) is 55.8 Å². The van der Waals surface area contributed by atoms with Crippen LogP contribution in [0, 0.1) is 0 Å². The summed E-state index contributed by atoms with van der Waals surface area (Å²) in [6, 6.07) is 23.0. The third kappa shape index (κ3) is 6.33. The molecule has 162 valence electrons. The number of sulfonamides is 1. The van der Waals surface area contributed by atoms with Gasteiger partial charge < -0.3 is 10.1 Å². The maximum Gasteiger partial charge on any atom is 0.255 e. The Morgan fingerprint density at radius 3 is 2.26 bits per heavy atom. The van der Waals surface area contributed by atoms with Crippen LogP contribution in [0.4, 0.5) is 11.4 Å². The number of para-hydroxylation sites is 1. The predicted molar refractivity (Wildman–Crippen MR) is 124 cm³/mol. The fourth-order valence-corrected chi connectivity index (χ4v) is 3.93. The van der Waals surface area contributed by atoms with Crippen molar-refractivity contribution in [3.63, 3.8) is 0 Å². The summed E-state index contributed by atoms with van der Waals surface area (Å²) < 4.78 is 31.5. The number of ether oxygens (including phenoxy) is 1. The summed E-state index contributed by atoms with van der Waals surface area (Å²) in [5.74, 6) is 0.432. The molecule has 0 atom stereocenters. The van der Waals surface area contributed by atoms with E-state index in [2.05, 4.69) is 5.32 Å². The van der Waals surface area contributed by atoms with Crippen LogP contribution in [-0.4, -0.2) is 26.7 Å². The van der Waals surface area contributed by atoms with E-state index in [0.717, 1.165) is 5.56 Å². The fraction of sp³-hybridized carbons (Fsp3) is 0.208. The van der Waals surface area contributed by atoms with E-state index in [1.807, 2.05) is 32.0 Å². The summed E-state index contributed by atoms with van der Waals surface area (Å²) in [5, 5.41) is 2.86. The van der Waals surface area contributed by atoms with E-state index in [9.17, 15) is 13.2 Å². The molecule has 0 heterocycles. The number of rotatable bonds is 8. The Labute approximate surface area is 183 Å². The third-order valence-corrected chi connectivity index (χ3v) is 5.59. The monoisotopic (exact) mass is 438 g/mol. The van der Waals surface area contributed by atoms with Crippen molar-refractivity contribution in [3.8, 4) is 5.75 Å². The number of anilines is 2. The Morgan fingerprint density at radius 1 is 0.968 bits per heavy atom. The van der Waals surface area contributed by atoms with E-state index in [1.54, 1.807) is 60.7 Å². The summed E-state index contributed by atoms with van der Waals surface area (Å²) in [5.41, 5.74) is 2.48. The lowest BCUT2D eigenvalue weighted by atomic mass is 10.1. The number of amides is 1. The van der Waals surface area contributed by atoms with Gasteiger partial charge in [-0.25, -0.2) is 8.42 Å². The highest BCUT2D eigenvalue weighted by Gasteiger charge is 2.18. The fourth-order valence-electron chi connectivity index (χ4n) is 3.04. The molecule has 0 bridgehead atoms. The van der Waals surface area contributed by atoms with Crippen molar-refractivity contribution in [2.45, 2.75) is 26.5 Å². The normalized spacial score (nSPS) is 11.2. The van der Waals surface area contributed by atoms with Crippen LogP contribution in [0.25, 0.3) is 0 Å². The molecule has 0 saturated carbocycles. The molecular formula is C24H26N2O4S. The van der Waals surface area contributed by atoms with Gasteiger partial charge in [-0.1, -0.05) is 36.4 Å². The van der Waals surface area contributed by atoms with Crippen molar-refractivity contribution < 1.29 is 17.9 Å². The maximum atomic E-state index is 12.6. The summed E-state index contributed by atoms with van der Waals surface area (Å²) in [4.78, 5) is 12.6. The summed E-state index contributed by atoms with van der Waals surface area (Å²) in [7, 11) is -3.45. The predicted octanol–water partition coefficient (Wildman–Crippen LogP) is 4.69. The lowest BCUT2D eigenvalue weighted by molar-refractivity contribution is 0.102. The topological polar surface area (TPSA) is 75.7 Å². The number of carbonyl (C=O) groups excluding carboxylic acids is 1. The molecule has 7 heteroatoms. The molecule has 0 spiro atoms. The molecule has 3 rings (SSSR count). The number of carbonyl (C=O) groups is 1. The standard InChI is InChI=1S/C24H26N2O4S/c1-18(2)30-23-11-7-8-21(16-23)25-24(27)20-14-12-19(13-15-20)17-26(31(3,28)29)22-9-5-4-6-10-22/h4-16,18H,17H2,1-3H3,(H,25,27). The zero-order chi connectivity index (χ0) is 22.4. The van der Waals surface area contributed by atoms with Gasteiger partial charge in [0.25, 0.3) is 5.91 Å². The molecule has 1 amide bonds. The van der Waals surface area contributed by atoms with Gasteiger partial charge in [0.2, 0.25) is 10.0 Å². The van der Waals surface area contributed by atoms with Crippen LogP contribution in [0.5, 0.6) is 5.75 Å². The highest BCUT2D eigenvalue weighted by Crippen LogP contribution is 2.21. The number of hydrogen-bond donors (Lipinski definition) is 1. The van der Waals surface area contributed by atoms with Gasteiger partial charge >= 0.3 is 0 Å². The maximum absolute atomic E-state index is 12.6. The largest absolute Gasteiger partial charge is 0.491 e. The number of nitrogens with zero attached hydrogens (tertiary/aromatic N) is 1. The quantitative estimate of drug-likeness (QED) is 0.553. The minimum absolute atomic E-state index is 0.0425. The van der Waals surface area contributed by atoms with Gasteiger partial charge in [0.05, 0.1) is 24.6 Å².